The normalized spacial score (nSPS) is 20.9. The Hall–Kier alpha value is -3.45. The van der Waals surface area contributed by atoms with Gasteiger partial charge in [-0.05, 0) is 54.9 Å². The molecule has 4 atom stereocenters. The molecular weight excluding hydrogens is 619 g/mol. The van der Waals surface area contributed by atoms with E-state index in [0.29, 0.717) is 5.57 Å². The Labute approximate surface area is 274 Å². The third kappa shape index (κ3) is 10.5. The summed E-state index contributed by atoms with van der Waals surface area (Å²) >= 11 is 0. The van der Waals surface area contributed by atoms with Gasteiger partial charge in [-0.3, -0.25) is 24.0 Å². The van der Waals surface area contributed by atoms with Crippen LogP contribution in [0.4, 0.5) is 18.0 Å². The zero-order chi connectivity index (χ0) is 35.3. The van der Waals surface area contributed by atoms with Crippen LogP contribution in [-0.4, -0.2) is 77.6 Å². The first-order valence-electron chi connectivity index (χ1n) is 16.6. The number of urea groups is 1. The van der Waals surface area contributed by atoms with Crippen LogP contribution in [0.3, 0.4) is 0 Å². The molecule has 0 aromatic rings. The van der Waals surface area contributed by atoms with Crippen LogP contribution in [0.15, 0.2) is 11.8 Å². The fourth-order valence-electron chi connectivity index (χ4n) is 6.21. The zero-order valence-corrected chi connectivity index (χ0v) is 28.2. The summed E-state index contributed by atoms with van der Waals surface area (Å²) in [7, 11) is 1.15. The number of amides is 5. The molecule has 0 saturated heterocycles. The molecular formula is C33H50F3N5O6. The lowest BCUT2D eigenvalue weighted by molar-refractivity contribution is -0.146. The van der Waals surface area contributed by atoms with E-state index < -0.39 is 78.1 Å². The quantitative estimate of drug-likeness (QED) is 0.218. The van der Waals surface area contributed by atoms with E-state index in [1.165, 1.54) is 6.20 Å². The van der Waals surface area contributed by atoms with Crippen LogP contribution in [0, 0.1) is 23.2 Å². The molecule has 0 aromatic carbocycles. The Balaban J connectivity index is 1.84. The standard InChI is InChI=1S/C33H50F3N5O6/c1-18(2)21-16-23(28(44)38-22(14-15-33(34,35)36)26(43)29(45)37-6)41(17-21)30(46)27(32(3,4)5)40-31(47)39-24(25(42)20-12-13-20)19-10-8-7-9-11-19/h17-20,22-24,27H,7-16H2,1-6H3,(H,37,45)(H,38,44)(H2,39,40,47)/t22?,23-,24-,27+/m0/s1. The number of halogens is 3. The summed E-state index contributed by atoms with van der Waals surface area (Å²) in [5.74, 6) is -4.10. The Bertz CT molecular complexity index is 1230. The highest BCUT2D eigenvalue weighted by atomic mass is 19.4. The van der Waals surface area contributed by atoms with Crippen LogP contribution in [0.2, 0.25) is 0 Å². The van der Waals surface area contributed by atoms with E-state index in [0.717, 1.165) is 56.9 Å². The van der Waals surface area contributed by atoms with Gasteiger partial charge in [0, 0.05) is 32.0 Å². The predicted molar refractivity (Wildman–Crippen MR) is 167 cm³/mol. The molecule has 3 rings (SSSR count). The average molecular weight is 670 g/mol. The number of rotatable bonds is 13. The van der Waals surface area contributed by atoms with Crippen LogP contribution < -0.4 is 21.3 Å². The molecule has 1 unspecified atom stereocenters. The third-order valence-electron chi connectivity index (χ3n) is 9.25. The molecule has 5 amide bonds. The van der Waals surface area contributed by atoms with Crippen molar-refractivity contribution in [2.45, 2.75) is 129 Å². The smallest absolute Gasteiger partial charge is 0.353 e. The largest absolute Gasteiger partial charge is 0.389 e. The van der Waals surface area contributed by atoms with Crippen LogP contribution in [0.1, 0.15) is 98.8 Å². The van der Waals surface area contributed by atoms with Gasteiger partial charge >= 0.3 is 12.2 Å². The summed E-state index contributed by atoms with van der Waals surface area (Å²) in [5.41, 5.74) is -0.165. The van der Waals surface area contributed by atoms with Crippen LogP contribution in [0.25, 0.3) is 0 Å². The lowest BCUT2D eigenvalue weighted by Gasteiger charge is -2.36. The number of nitrogens with one attached hydrogen (secondary N) is 4. The monoisotopic (exact) mass is 669 g/mol. The molecule has 11 nitrogen and oxygen atoms in total. The van der Waals surface area contributed by atoms with Crippen LogP contribution >= 0.6 is 0 Å². The minimum atomic E-state index is -4.64. The molecule has 1 heterocycles. The van der Waals surface area contributed by atoms with E-state index in [4.69, 9.17) is 0 Å². The summed E-state index contributed by atoms with van der Waals surface area (Å²) in [6, 6.07) is -5.53. The highest BCUT2D eigenvalue weighted by molar-refractivity contribution is 6.38. The van der Waals surface area contributed by atoms with Gasteiger partial charge < -0.3 is 26.2 Å². The van der Waals surface area contributed by atoms with Gasteiger partial charge in [0.2, 0.25) is 17.6 Å². The van der Waals surface area contributed by atoms with Crippen molar-refractivity contribution < 1.29 is 41.9 Å². The molecule has 3 aliphatic rings. The fourth-order valence-corrected chi connectivity index (χ4v) is 6.21. The summed E-state index contributed by atoms with van der Waals surface area (Å²) in [5, 5.41) is 9.98. The van der Waals surface area contributed by atoms with Gasteiger partial charge in [0.15, 0.2) is 5.78 Å². The Morgan fingerprint density at radius 1 is 0.915 bits per heavy atom. The van der Waals surface area contributed by atoms with Crippen molar-refractivity contribution in [1.29, 1.82) is 0 Å². The molecule has 0 radical (unpaired) electrons. The predicted octanol–water partition coefficient (Wildman–Crippen LogP) is 3.91. The minimum Gasteiger partial charge on any atom is -0.353 e. The lowest BCUT2D eigenvalue weighted by atomic mass is 9.81. The van der Waals surface area contributed by atoms with Crippen molar-refractivity contribution in [2.75, 3.05) is 7.05 Å². The molecule has 0 aromatic heterocycles. The molecule has 264 valence electrons. The van der Waals surface area contributed by atoms with Crippen molar-refractivity contribution in [3.05, 3.63) is 11.8 Å². The summed E-state index contributed by atoms with van der Waals surface area (Å²) < 4.78 is 39.1. The highest BCUT2D eigenvalue weighted by Crippen LogP contribution is 2.36. The lowest BCUT2D eigenvalue weighted by Crippen LogP contribution is -2.61. The summed E-state index contributed by atoms with van der Waals surface area (Å²) in [6.07, 6.45) is 0.884. The van der Waals surface area contributed by atoms with Crippen molar-refractivity contribution in [3.8, 4) is 0 Å². The van der Waals surface area contributed by atoms with E-state index in [1.807, 2.05) is 13.8 Å². The topological polar surface area (TPSA) is 154 Å². The molecule has 4 N–H and O–H groups in total. The molecule has 2 saturated carbocycles. The molecule has 2 fully saturated rings. The third-order valence-corrected chi connectivity index (χ3v) is 9.25. The maximum absolute atomic E-state index is 14.2. The average Bonchev–Trinajstić information content (AvgIpc) is 3.75. The highest BCUT2D eigenvalue weighted by Gasteiger charge is 2.45. The number of carbonyl (C=O) groups is 6. The van der Waals surface area contributed by atoms with Crippen LogP contribution in [0.5, 0.6) is 0 Å². The van der Waals surface area contributed by atoms with Gasteiger partial charge in [-0.15, -0.1) is 0 Å². The van der Waals surface area contributed by atoms with Gasteiger partial charge in [0.1, 0.15) is 12.1 Å². The van der Waals surface area contributed by atoms with Gasteiger partial charge in [0.05, 0.1) is 12.1 Å². The second-order valence-corrected chi connectivity index (χ2v) is 14.5. The maximum Gasteiger partial charge on any atom is 0.389 e. The Morgan fingerprint density at radius 3 is 2.04 bits per heavy atom. The van der Waals surface area contributed by atoms with Crippen molar-refractivity contribution in [3.63, 3.8) is 0 Å². The van der Waals surface area contributed by atoms with E-state index in [1.54, 1.807) is 20.8 Å². The van der Waals surface area contributed by atoms with E-state index in [-0.39, 0.29) is 30.0 Å². The second kappa shape index (κ2) is 15.6. The number of nitrogens with zero attached hydrogens (tertiary/aromatic N) is 1. The minimum absolute atomic E-state index is 0.0115. The first-order chi connectivity index (χ1) is 21.8. The number of Topliss-reactive ketones (excluding diaryl/α,β-unsaturated/α-hetero) is 2. The van der Waals surface area contributed by atoms with Gasteiger partial charge in [-0.25, -0.2) is 4.79 Å². The second-order valence-electron chi connectivity index (χ2n) is 14.5. The number of hydrogen-bond acceptors (Lipinski definition) is 6. The number of likely N-dealkylation sites (N-methyl/N-ethyl adjacent to an activating group) is 1. The number of carbonyl (C=O) groups excluding carboxylic acids is 6. The fraction of sp³-hybridized carbons (Fsp3) is 0.758. The number of ketones is 2. The van der Waals surface area contributed by atoms with Crippen LogP contribution in [-0.2, 0) is 24.0 Å². The molecule has 2 aliphatic carbocycles. The Morgan fingerprint density at radius 2 is 1.53 bits per heavy atom. The Kier molecular flexibility index (Phi) is 12.6. The van der Waals surface area contributed by atoms with Crippen molar-refractivity contribution in [2.24, 2.45) is 23.2 Å². The van der Waals surface area contributed by atoms with Crippen molar-refractivity contribution in [1.82, 2.24) is 26.2 Å². The van der Waals surface area contributed by atoms with Gasteiger partial charge in [-0.2, -0.15) is 13.2 Å². The summed E-state index contributed by atoms with van der Waals surface area (Å²) in [6.45, 7) is 8.90. The summed E-state index contributed by atoms with van der Waals surface area (Å²) in [4.78, 5) is 80.3. The SMILES string of the molecule is CNC(=O)C(=O)C(CCC(F)(F)F)NC(=O)[C@@H]1CC(C(C)C)=CN1C(=O)[C@@H](NC(=O)N[C@H](C(=O)C1CC1)C1CCCCC1)C(C)(C)C. The van der Waals surface area contributed by atoms with Gasteiger partial charge in [-0.1, -0.05) is 53.9 Å². The first-order valence-corrected chi connectivity index (χ1v) is 16.6. The number of hydrogen-bond donors (Lipinski definition) is 4. The van der Waals surface area contributed by atoms with E-state index in [2.05, 4.69) is 21.3 Å². The van der Waals surface area contributed by atoms with E-state index in [9.17, 15) is 41.9 Å². The molecule has 1 aliphatic heterocycles. The molecule has 14 heteroatoms. The molecule has 0 spiro atoms. The maximum atomic E-state index is 14.2. The first kappa shape index (κ1) is 38.0. The van der Waals surface area contributed by atoms with Crippen molar-refractivity contribution >= 4 is 35.3 Å². The zero-order valence-electron chi connectivity index (χ0n) is 28.2. The number of alkyl halides is 3. The molecule has 47 heavy (non-hydrogen) atoms. The van der Waals surface area contributed by atoms with E-state index >= 15 is 0 Å². The molecule has 0 bridgehead atoms. The van der Waals surface area contributed by atoms with Gasteiger partial charge in [0.25, 0.3) is 5.91 Å².